The minimum Gasteiger partial charge on any atom is -0.347 e. The van der Waals surface area contributed by atoms with Gasteiger partial charge < -0.3 is 10.2 Å². The number of nitrogens with one attached hydrogen (secondary N) is 1. The molecule has 136 valence electrons. The van der Waals surface area contributed by atoms with E-state index in [9.17, 15) is 14.0 Å². The molecule has 6 heteroatoms. The molecule has 1 fully saturated rings. The highest BCUT2D eigenvalue weighted by molar-refractivity contribution is 5.94. The Balaban J connectivity index is 1.79. The summed E-state index contributed by atoms with van der Waals surface area (Å²) in [4.78, 5) is 30.4. The van der Waals surface area contributed by atoms with Crippen LogP contribution >= 0.6 is 0 Å². The summed E-state index contributed by atoms with van der Waals surface area (Å²) in [7, 11) is 0. The van der Waals surface area contributed by atoms with Gasteiger partial charge in [0.05, 0.1) is 6.04 Å². The van der Waals surface area contributed by atoms with Gasteiger partial charge in [-0.2, -0.15) is 0 Å². The first-order valence-corrected chi connectivity index (χ1v) is 8.77. The first-order chi connectivity index (χ1) is 12.5. The normalized spacial score (nSPS) is 19.8. The quantitative estimate of drug-likeness (QED) is 0.917. The van der Waals surface area contributed by atoms with Crippen LogP contribution in [0.25, 0.3) is 0 Å². The lowest BCUT2D eigenvalue weighted by atomic mass is 9.90. The van der Waals surface area contributed by atoms with Gasteiger partial charge in [-0.25, -0.2) is 4.39 Å². The molecule has 0 aliphatic carbocycles. The average Bonchev–Trinajstić information content (AvgIpc) is 2.65. The van der Waals surface area contributed by atoms with E-state index in [1.165, 1.54) is 12.1 Å². The Morgan fingerprint density at radius 1 is 1.19 bits per heavy atom. The third-order valence-corrected chi connectivity index (χ3v) is 4.80. The number of rotatable bonds is 4. The number of benzene rings is 1. The van der Waals surface area contributed by atoms with Gasteiger partial charge >= 0.3 is 0 Å². The van der Waals surface area contributed by atoms with E-state index < -0.39 is 0 Å². The minimum atomic E-state index is -0.289. The van der Waals surface area contributed by atoms with Crippen molar-refractivity contribution >= 4 is 11.8 Å². The van der Waals surface area contributed by atoms with Crippen LogP contribution in [0.3, 0.4) is 0 Å². The molecule has 1 aromatic carbocycles. The molecule has 1 aliphatic rings. The first-order valence-electron chi connectivity index (χ1n) is 8.77. The summed E-state index contributed by atoms with van der Waals surface area (Å²) in [6.07, 6.45) is 5.36. The van der Waals surface area contributed by atoms with Crippen molar-refractivity contribution in [1.29, 1.82) is 0 Å². The van der Waals surface area contributed by atoms with Gasteiger partial charge in [-0.05, 0) is 49.1 Å². The highest BCUT2D eigenvalue weighted by atomic mass is 19.1. The minimum absolute atomic E-state index is 0.0139. The van der Waals surface area contributed by atoms with Gasteiger partial charge in [0.2, 0.25) is 5.91 Å². The number of pyridine rings is 1. The van der Waals surface area contributed by atoms with Gasteiger partial charge in [-0.3, -0.25) is 14.6 Å². The molecule has 0 spiro atoms. The zero-order chi connectivity index (χ0) is 18.5. The van der Waals surface area contributed by atoms with Crippen LogP contribution < -0.4 is 5.32 Å². The van der Waals surface area contributed by atoms with Crippen molar-refractivity contribution in [3.8, 4) is 0 Å². The van der Waals surface area contributed by atoms with E-state index in [4.69, 9.17) is 0 Å². The van der Waals surface area contributed by atoms with Crippen molar-refractivity contribution in [2.75, 3.05) is 6.54 Å². The number of nitrogens with zero attached hydrogens (tertiary/aromatic N) is 2. The summed E-state index contributed by atoms with van der Waals surface area (Å²) in [5.74, 6) is -0.477. The van der Waals surface area contributed by atoms with Crippen molar-refractivity contribution in [3.63, 3.8) is 0 Å². The Kier molecular flexibility index (Phi) is 5.61. The van der Waals surface area contributed by atoms with Gasteiger partial charge in [0.15, 0.2) is 0 Å². The molecule has 0 radical (unpaired) electrons. The monoisotopic (exact) mass is 355 g/mol. The van der Waals surface area contributed by atoms with Crippen LogP contribution in [0.4, 0.5) is 4.39 Å². The number of carbonyl (C=O) groups is 2. The Hall–Kier alpha value is -2.76. The highest BCUT2D eigenvalue weighted by Crippen LogP contribution is 2.22. The fourth-order valence-electron chi connectivity index (χ4n) is 3.49. The van der Waals surface area contributed by atoms with Gasteiger partial charge in [0.1, 0.15) is 5.82 Å². The number of hydrogen-bond acceptors (Lipinski definition) is 3. The Labute approximate surface area is 152 Å². The zero-order valence-corrected chi connectivity index (χ0v) is 14.7. The summed E-state index contributed by atoms with van der Waals surface area (Å²) < 4.78 is 13.2. The number of halogens is 1. The van der Waals surface area contributed by atoms with Crippen molar-refractivity contribution in [2.45, 2.75) is 38.3 Å². The molecule has 0 bridgehead atoms. The maximum atomic E-state index is 13.2. The Morgan fingerprint density at radius 3 is 2.54 bits per heavy atom. The average molecular weight is 355 g/mol. The molecular weight excluding hydrogens is 333 g/mol. The van der Waals surface area contributed by atoms with Gasteiger partial charge in [-0.15, -0.1) is 0 Å². The lowest BCUT2D eigenvalue weighted by molar-refractivity contribution is -0.133. The van der Waals surface area contributed by atoms with Crippen molar-refractivity contribution < 1.29 is 14.0 Å². The number of carbonyl (C=O) groups excluding carboxylic acids is 2. The summed E-state index contributed by atoms with van der Waals surface area (Å²) in [6, 6.07) is 9.30. The van der Waals surface area contributed by atoms with E-state index in [1.54, 1.807) is 43.6 Å². The molecule has 2 atom stereocenters. The van der Waals surface area contributed by atoms with Crippen molar-refractivity contribution in [1.82, 2.24) is 15.2 Å². The smallest absolute Gasteiger partial charge is 0.251 e. The molecular formula is C20H22FN3O2. The first kappa shape index (κ1) is 18.0. The topological polar surface area (TPSA) is 62.3 Å². The molecule has 1 aromatic heterocycles. The van der Waals surface area contributed by atoms with Gasteiger partial charge in [0, 0.05) is 37.5 Å². The molecule has 3 rings (SSSR count). The fourth-order valence-corrected chi connectivity index (χ4v) is 3.49. The molecule has 2 aromatic rings. The summed E-state index contributed by atoms with van der Waals surface area (Å²) in [5, 5.41) is 3.07. The van der Waals surface area contributed by atoms with Crippen LogP contribution in [0.1, 0.15) is 35.7 Å². The molecule has 5 nitrogen and oxygen atoms in total. The number of hydrogen-bond donors (Lipinski definition) is 1. The van der Waals surface area contributed by atoms with Gasteiger partial charge in [0.25, 0.3) is 5.91 Å². The second-order valence-corrected chi connectivity index (χ2v) is 6.57. The molecule has 2 amide bonds. The van der Waals surface area contributed by atoms with Crippen LogP contribution in [0.5, 0.6) is 0 Å². The lowest BCUT2D eigenvalue weighted by Crippen LogP contribution is -2.57. The third-order valence-electron chi connectivity index (χ3n) is 4.80. The van der Waals surface area contributed by atoms with Gasteiger partial charge in [-0.1, -0.05) is 12.1 Å². The van der Waals surface area contributed by atoms with Crippen LogP contribution in [-0.2, 0) is 11.2 Å². The largest absolute Gasteiger partial charge is 0.347 e. The molecule has 1 N–H and O–H groups in total. The molecule has 0 unspecified atom stereocenters. The second kappa shape index (κ2) is 8.08. The molecule has 1 saturated heterocycles. The molecule has 1 aliphatic heterocycles. The molecule has 26 heavy (non-hydrogen) atoms. The molecule has 0 saturated carbocycles. The van der Waals surface area contributed by atoms with Crippen molar-refractivity contribution in [2.24, 2.45) is 0 Å². The second-order valence-electron chi connectivity index (χ2n) is 6.57. The summed E-state index contributed by atoms with van der Waals surface area (Å²) >= 11 is 0. The Bertz CT molecular complexity index is 764. The van der Waals surface area contributed by atoms with E-state index in [-0.39, 0.29) is 29.7 Å². The maximum Gasteiger partial charge on any atom is 0.251 e. The van der Waals surface area contributed by atoms with E-state index in [1.807, 2.05) is 4.90 Å². The predicted octanol–water partition coefficient (Wildman–Crippen LogP) is 2.57. The number of amides is 2. The maximum absolute atomic E-state index is 13.2. The van der Waals surface area contributed by atoms with Crippen molar-refractivity contribution in [3.05, 3.63) is 65.7 Å². The van der Waals surface area contributed by atoms with Crippen LogP contribution in [0, 0.1) is 5.82 Å². The third kappa shape index (κ3) is 4.25. The summed E-state index contributed by atoms with van der Waals surface area (Å²) in [5.41, 5.74) is 1.48. The fraction of sp³-hybridized carbons (Fsp3) is 0.350. The van der Waals surface area contributed by atoms with E-state index >= 15 is 0 Å². The van der Waals surface area contributed by atoms with Crippen LogP contribution in [0.15, 0.2) is 48.8 Å². The Morgan fingerprint density at radius 2 is 1.88 bits per heavy atom. The predicted molar refractivity (Wildman–Crippen MR) is 96.0 cm³/mol. The lowest BCUT2D eigenvalue weighted by Gasteiger charge is -2.41. The summed E-state index contributed by atoms with van der Waals surface area (Å²) in [6.45, 7) is 2.22. The van der Waals surface area contributed by atoms with E-state index in [2.05, 4.69) is 10.3 Å². The zero-order valence-electron chi connectivity index (χ0n) is 14.7. The van der Waals surface area contributed by atoms with Crippen LogP contribution in [-0.4, -0.2) is 40.3 Å². The molecule has 2 heterocycles. The number of piperidine rings is 1. The number of aromatic nitrogens is 1. The standard InChI is InChI=1S/C20H22FN3O2/c1-14(25)24-12-2-3-18(23-20(26)16-8-10-22-11-9-16)19(24)13-15-4-6-17(21)7-5-15/h4-11,18-19H,2-3,12-13H2,1H3,(H,23,26)/t18-,19-/m0/s1. The highest BCUT2D eigenvalue weighted by Gasteiger charge is 2.34. The van der Waals surface area contributed by atoms with Crippen LogP contribution in [0.2, 0.25) is 0 Å². The van der Waals surface area contributed by atoms with E-state index in [0.29, 0.717) is 18.5 Å². The number of likely N-dealkylation sites (tertiary alicyclic amines) is 1. The SMILES string of the molecule is CC(=O)N1CCC[C@H](NC(=O)c2ccncc2)[C@@H]1Cc1ccc(F)cc1. The van der Waals surface area contributed by atoms with E-state index in [0.717, 1.165) is 18.4 Å².